The van der Waals surface area contributed by atoms with Crippen molar-refractivity contribution in [2.75, 3.05) is 14.2 Å². The van der Waals surface area contributed by atoms with Crippen LogP contribution in [0.15, 0.2) is 65.6 Å². The molecule has 0 unspecified atom stereocenters. The zero-order valence-corrected chi connectivity index (χ0v) is 22.6. The lowest BCUT2D eigenvalue weighted by atomic mass is 10.0. The van der Waals surface area contributed by atoms with Gasteiger partial charge in [0.25, 0.3) is 5.88 Å². The van der Waals surface area contributed by atoms with Gasteiger partial charge in [0.15, 0.2) is 34.5 Å². The molecule has 3 heterocycles. The number of carbonyl (C=O) groups is 1. The van der Waals surface area contributed by atoms with Gasteiger partial charge in [-0.15, -0.1) is 0 Å². The molecule has 0 spiro atoms. The van der Waals surface area contributed by atoms with Gasteiger partial charge in [0.05, 0.1) is 25.3 Å². The maximum atomic E-state index is 15.1. The van der Waals surface area contributed by atoms with Crippen LogP contribution in [0.3, 0.4) is 0 Å². The van der Waals surface area contributed by atoms with Crippen LogP contribution in [0.4, 0.5) is 8.78 Å². The normalized spacial score (nSPS) is 11.0. The van der Waals surface area contributed by atoms with Crippen molar-refractivity contribution < 1.29 is 27.8 Å². The van der Waals surface area contributed by atoms with Crippen molar-refractivity contribution in [1.82, 2.24) is 19.7 Å². The third kappa shape index (κ3) is 5.33. The van der Waals surface area contributed by atoms with Gasteiger partial charge in [0.2, 0.25) is 5.43 Å². The van der Waals surface area contributed by atoms with E-state index in [1.807, 2.05) is 0 Å². The third-order valence-corrected chi connectivity index (χ3v) is 6.54. The number of carbonyl (C=O) groups excluding carboxylic acids is 1. The highest BCUT2D eigenvalue weighted by Crippen LogP contribution is 2.34. The molecule has 0 N–H and O–H groups in total. The van der Waals surface area contributed by atoms with E-state index in [0.717, 1.165) is 6.07 Å². The lowest BCUT2D eigenvalue weighted by Gasteiger charge is -2.13. The number of nitrogens with zero attached hydrogens (tertiary/aromatic N) is 4. The fourth-order valence-corrected chi connectivity index (χ4v) is 4.37. The van der Waals surface area contributed by atoms with Crippen LogP contribution in [0, 0.1) is 18.6 Å². The summed E-state index contributed by atoms with van der Waals surface area (Å²) < 4.78 is 46.3. The maximum absolute atomic E-state index is 15.1. The summed E-state index contributed by atoms with van der Waals surface area (Å²) in [5.41, 5.74) is 1.45. The summed E-state index contributed by atoms with van der Waals surface area (Å²) in [7, 11) is 4.52. The first kappa shape index (κ1) is 27.4. The maximum Gasteiger partial charge on any atom is 0.257 e. The molecule has 9 nitrogen and oxygen atoms in total. The van der Waals surface area contributed by atoms with E-state index in [0.29, 0.717) is 33.6 Å². The van der Waals surface area contributed by atoms with Crippen LogP contribution in [-0.2, 0) is 13.5 Å². The number of hydrogen-bond acceptors (Lipinski definition) is 8. The number of ether oxygens (including phenoxy) is 3. The van der Waals surface area contributed by atoms with E-state index >= 15 is 4.39 Å². The summed E-state index contributed by atoms with van der Waals surface area (Å²) >= 11 is 0. The van der Waals surface area contributed by atoms with E-state index in [4.69, 9.17) is 14.2 Å². The monoisotopic (exact) mass is 558 g/mol. The molecule has 0 atom stereocenters. The van der Waals surface area contributed by atoms with E-state index in [2.05, 4.69) is 15.1 Å². The molecule has 41 heavy (non-hydrogen) atoms. The average Bonchev–Trinajstić information content (AvgIpc) is 2.96. The Kier molecular flexibility index (Phi) is 7.43. The highest BCUT2D eigenvalue weighted by molar-refractivity contribution is 5.96. The molecule has 11 heteroatoms. The second kappa shape index (κ2) is 11.1. The Morgan fingerprint density at radius 3 is 2.39 bits per heavy atom. The molecule has 0 radical (unpaired) electrons. The topological polar surface area (TPSA) is 105 Å². The molecule has 0 amide bonds. The van der Waals surface area contributed by atoms with Gasteiger partial charge in [-0.3, -0.25) is 19.3 Å². The van der Waals surface area contributed by atoms with E-state index in [9.17, 15) is 14.0 Å². The Bertz CT molecular complexity index is 1860. The van der Waals surface area contributed by atoms with Crippen LogP contribution in [0.1, 0.15) is 21.7 Å². The van der Waals surface area contributed by atoms with Crippen molar-refractivity contribution in [2.45, 2.75) is 13.3 Å². The number of hydrogen-bond donors (Lipinski definition) is 0. The molecule has 5 rings (SSSR count). The lowest BCUT2D eigenvalue weighted by molar-refractivity contribution is 0.0985. The minimum atomic E-state index is -0.725. The molecule has 0 fully saturated rings. The third-order valence-electron chi connectivity index (χ3n) is 6.54. The van der Waals surface area contributed by atoms with Gasteiger partial charge in [-0.25, -0.2) is 13.8 Å². The van der Waals surface area contributed by atoms with E-state index in [-0.39, 0.29) is 35.1 Å². The van der Waals surface area contributed by atoms with Gasteiger partial charge in [0.1, 0.15) is 11.3 Å². The Morgan fingerprint density at radius 2 is 1.71 bits per heavy atom. The Labute approximate surface area is 233 Å². The number of Topliss-reactive ketones (excluding diaryl/α,β-unsaturated/α-hetero) is 1. The van der Waals surface area contributed by atoms with Gasteiger partial charge >= 0.3 is 0 Å². The lowest BCUT2D eigenvalue weighted by Crippen LogP contribution is -2.26. The summed E-state index contributed by atoms with van der Waals surface area (Å²) in [6, 6.07) is 12.6. The fourth-order valence-electron chi connectivity index (χ4n) is 4.37. The largest absolute Gasteiger partial charge is 0.491 e. The highest BCUT2D eigenvalue weighted by atomic mass is 19.1. The van der Waals surface area contributed by atoms with Gasteiger partial charge in [0, 0.05) is 37.5 Å². The number of pyridine rings is 2. The predicted octanol–water partition coefficient (Wildman–Crippen LogP) is 5.21. The molecule has 2 aromatic carbocycles. The van der Waals surface area contributed by atoms with Crippen molar-refractivity contribution in [3.8, 4) is 34.3 Å². The number of halogens is 2. The SMILES string of the molecule is COc1cc2nccc(Oc3ccc(CC(=O)c4nn(C)c(C)c(-c5ccc(F)cc5)c4=O)cc3F)c2nc1OC. The molecule has 208 valence electrons. The van der Waals surface area contributed by atoms with Crippen LogP contribution >= 0.6 is 0 Å². The van der Waals surface area contributed by atoms with Crippen molar-refractivity contribution in [1.29, 1.82) is 0 Å². The Hall–Kier alpha value is -5.19. The smallest absolute Gasteiger partial charge is 0.257 e. The first-order valence-corrected chi connectivity index (χ1v) is 12.4. The number of benzene rings is 2. The summed E-state index contributed by atoms with van der Waals surface area (Å²) in [6.07, 6.45) is 1.22. The molecule has 0 saturated heterocycles. The second-order valence-electron chi connectivity index (χ2n) is 9.11. The molecular formula is C30H24F2N4O5. The molecule has 0 bridgehead atoms. The highest BCUT2D eigenvalue weighted by Gasteiger charge is 2.21. The van der Waals surface area contributed by atoms with Crippen molar-refractivity contribution >= 4 is 16.8 Å². The van der Waals surface area contributed by atoms with Gasteiger partial charge in [-0.05, 0) is 42.3 Å². The van der Waals surface area contributed by atoms with E-state index < -0.39 is 22.8 Å². The van der Waals surface area contributed by atoms with Gasteiger partial charge < -0.3 is 14.2 Å². The number of aryl methyl sites for hydroxylation is 1. The van der Waals surface area contributed by atoms with Gasteiger partial charge in [-0.1, -0.05) is 18.2 Å². The summed E-state index contributed by atoms with van der Waals surface area (Å²) in [5, 5.41) is 4.15. The minimum absolute atomic E-state index is 0.103. The van der Waals surface area contributed by atoms with E-state index in [1.54, 1.807) is 20.0 Å². The molecule has 0 saturated carbocycles. The number of aromatic nitrogens is 4. The molecule has 0 aliphatic carbocycles. The molecule has 0 aliphatic rings. The van der Waals surface area contributed by atoms with Crippen LogP contribution in [0.2, 0.25) is 0 Å². The number of methoxy groups -OCH3 is 2. The van der Waals surface area contributed by atoms with Crippen LogP contribution in [0.5, 0.6) is 23.1 Å². The number of rotatable bonds is 8. The van der Waals surface area contributed by atoms with Crippen molar-refractivity contribution in [3.63, 3.8) is 0 Å². The molecule has 3 aromatic heterocycles. The molecule has 5 aromatic rings. The predicted molar refractivity (Wildman–Crippen MR) is 147 cm³/mol. The Balaban J connectivity index is 1.42. The average molecular weight is 559 g/mol. The zero-order valence-electron chi connectivity index (χ0n) is 22.6. The molecular weight excluding hydrogens is 534 g/mol. The van der Waals surface area contributed by atoms with Crippen molar-refractivity contribution in [3.05, 3.63) is 99.6 Å². The van der Waals surface area contributed by atoms with Crippen LogP contribution in [0.25, 0.3) is 22.2 Å². The first-order chi connectivity index (χ1) is 19.7. The molecule has 0 aliphatic heterocycles. The second-order valence-corrected chi connectivity index (χ2v) is 9.11. The minimum Gasteiger partial charge on any atom is -0.491 e. The first-order valence-electron chi connectivity index (χ1n) is 12.4. The number of fused-ring (bicyclic) bond motifs is 1. The number of ketones is 1. The fraction of sp³-hybridized carbons (Fsp3) is 0.167. The standard InChI is InChI=1S/C30H24F2N4O5/c1-16-26(18-6-8-19(31)9-7-18)29(38)28(35-36(16)2)22(37)14-17-5-10-23(20(32)13-17)41-24-11-12-33-21-15-25(39-3)30(40-4)34-27(21)24/h5-13,15H,14H2,1-4H3. The Morgan fingerprint density at radius 1 is 0.951 bits per heavy atom. The van der Waals surface area contributed by atoms with Crippen LogP contribution < -0.4 is 19.6 Å². The zero-order chi connectivity index (χ0) is 29.3. The summed E-state index contributed by atoms with van der Waals surface area (Å²) in [6.45, 7) is 1.68. The quantitative estimate of drug-likeness (QED) is 0.239. The van der Waals surface area contributed by atoms with E-state index in [1.165, 1.54) is 67.6 Å². The van der Waals surface area contributed by atoms with Gasteiger partial charge in [-0.2, -0.15) is 5.10 Å². The summed E-state index contributed by atoms with van der Waals surface area (Å²) in [5.74, 6) is -1.04. The van der Waals surface area contributed by atoms with Crippen LogP contribution in [-0.4, -0.2) is 39.8 Å². The summed E-state index contributed by atoms with van der Waals surface area (Å²) in [4.78, 5) is 35.1. The van der Waals surface area contributed by atoms with Crippen molar-refractivity contribution in [2.24, 2.45) is 7.05 Å².